The fraction of sp³-hybridized carbons (Fsp3) is 0.647. The summed E-state index contributed by atoms with van der Waals surface area (Å²) in [6.45, 7) is 8.17. The largest absolute Gasteiger partial charge is 0.385 e. The molecule has 1 aromatic carbocycles. The Bertz CT molecular complexity index is 443. The molecule has 2 atom stereocenters. The van der Waals surface area contributed by atoms with E-state index in [1.54, 1.807) is 18.2 Å². The molecule has 21 heavy (non-hydrogen) atoms. The fourth-order valence-corrected chi connectivity index (χ4v) is 2.41. The maximum absolute atomic E-state index is 13.9. The van der Waals surface area contributed by atoms with Gasteiger partial charge in [-0.15, -0.1) is 0 Å². The molecule has 0 heterocycles. The number of hydrogen-bond acceptors (Lipinski definition) is 2. The van der Waals surface area contributed by atoms with Gasteiger partial charge in [0.05, 0.1) is 6.61 Å². The summed E-state index contributed by atoms with van der Waals surface area (Å²) in [5, 5.41) is 10.7. The van der Waals surface area contributed by atoms with Gasteiger partial charge < -0.3 is 9.84 Å². The zero-order chi connectivity index (χ0) is 16.0. The van der Waals surface area contributed by atoms with Gasteiger partial charge in [0.25, 0.3) is 0 Å². The van der Waals surface area contributed by atoms with Crippen molar-refractivity contribution < 1.29 is 14.2 Å². The molecule has 0 saturated heterocycles. The number of ether oxygens (including phenoxy) is 1. The van der Waals surface area contributed by atoms with Crippen LogP contribution in [0.15, 0.2) is 18.2 Å². The molecule has 0 amide bonds. The summed E-state index contributed by atoms with van der Waals surface area (Å²) >= 11 is 6.22. The second kappa shape index (κ2) is 8.11. The Morgan fingerprint density at radius 2 is 2.05 bits per heavy atom. The predicted molar refractivity (Wildman–Crippen MR) is 85.7 cm³/mol. The van der Waals surface area contributed by atoms with Crippen molar-refractivity contribution in [2.45, 2.75) is 58.2 Å². The van der Waals surface area contributed by atoms with Crippen LogP contribution in [-0.2, 0) is 4.74 Å². The number of halogens is 2. The lowest BCUT2D eigenvalue weighted by molar-refractivity contribution is 0.0161. The molecule has 0 radical (unpaired) electrons. The topological polar surface area (TPSA) is 29.5 Å². The van der Waals surface area contributed by atoms with Crippen LogP contribution in [0.2, 0.25) is 5.02 Å². The van der Waals surface area contributed by atoms with E-state index in [0.717, 1.165) is 25.0 Å². The first-order valence-corrected chi connectivity index (χ1v) is 7.89. The number of benzene rings is 1. The van der Waals surface area contributed by atoms with Crippen LogP contribution in [0.5, 0.6) is 0 Å². The van der Waals surface area contributed by atoms with Gasteiger partial charge in [0.15, 0.2) is 0 Å². The minimum Gasteiger partial charge on any atom is -0.385 e. The Labute approximate surface area is 132 Å². The van der Waals surface area contributed by atoms with Gasteiger partial charge in [0.1, 0.15) is 11.8 Å². The van der Waals surface area contributed by atoms with Crippen LogP contribution in [0.25, 0.3) is 0 Å². The van der Waals surface area contributed by atoms with Gasteiger partial charge >= 0.3 is 0 Å². The Morgan fingerprint density at radius 3 is 2.62 bits per heavy atom. The summed E-state index contributed by atoms with van der Waals surface area (Å²) < 4.78 is 19.5. The Morgan fingerprint density at radius 1 is 1.38 bits per heavy atom. The zero-order valence-electron chi connectivity index (χ0n) is 13.3. The highest BCUT2D eigenvalue weighted by atomic mass is 35.5. The maximum atomic E-state index is 13.9. The summed E-state index contributed by atoms with van der Waals surface area (Å²) in [6, 6.07) is 5.16. The van der Waals surface area contributed by atoms with E-state index in [4.69, 9.17) is 16.3 Å². The molecule has 0 aliphatic rings. The molecular weight excluding hydrogens is 291 g/mol. The Hall–Kier alpha value is -0.640. The van der Waals surface area contributed by atoms with Crippen molar-refractivity contribution in [1.82, 2.24) is 0 Å². The normalized spacial score (nSPS) is 15.0. The van der Waals surface area contributed by atoms with Crippen LogP contribution in [0.3, 0.4) is 0 Å². The number of alkyl halides is 1. The quantitative estimate of drug-likeness (QED) is 0.681. The molecule has 0 aromatic heterocycles. The van der Waals surface area contributed by atoms with Crippen LogP contribution in [0.1, 0.15) is 63.7 Å². The van der Waals surface area contributed by atoms with Crippen molar-refractivity contribution in [3.8, 4) is 0 Å². The number of hydrogen-bond donors (Lipinski definition) is 1. The van der Waals surface area contributed by atoms with Crippen molar-refractivity contribution in [3.05, 3.63) is 34.3 Å². The highest BCUT2D eigenvalue weighted by molar-refractivity contribution is 6.31. The lowest BCUT2D eigenvalue weighted by atomic mass is 9.92. The molecule has 1 rings (SSSR count). The van der Waals surface area contributed by atoms with Crippen LogP contribution < -0.4 is 0 Å². The van der Waals surface area contributed by atoms with Crippen molar-refractivity contribution in [1.29, 1.82) is 0 Å². The highest BCUT2D eigenvalue weighted by Crippen LogP contribution is 2.33. The summed E-state index contributed by atoms with van der Waals surface area (Å²) in [4.78, 5) is 0. The standard InChI is InChI=1S/C17H26ClFO2/c1-5-6-9-21-11-12(2)14-10-13(7-8-15(14)18)16(20)17(3,4)19/h7-8,10,12,16,20H,5-6,9,11H2,1-4H3/t12-,16?/m1/s1. The molecule has 4 heteroatoms. The van der Waals surface area contributed by atoms with Crippen molar-refractivity contribution in [2.24, 2.45) is 0 Å². The average Bonchev–Trinajstić information content (AvgIpc) is 2.42. The number of rotatable bonds is 8. The molecule has 0 fully saturated rings. The van der Waals surface area contributed by atoms with Gasteiger partial charge in [0, 0.05) is 17.5 Å². The molecule has 120 valence electrons. The molecule has 0 aliphatic carbocycles. The molecule has 2 nitrogen and oxygen atoms in total. The number of aliphatic hydroxyl groups excluding tert-OH is 1. The average molecular weight is 317 g/mol. The smallest absolute Gasteiger partial charge is 0.135 e. The van der Waals surface area contributed by atoms with Gasteiger partial charge in [-0.2, -0.15) is 0 Å². The third-order valence-corrected chi connectivity index (χ3v) is 3.87. The van der Waals surface area contributed by atoms with Crippen LogP contribution >= 0.6 is 11.6 Å². The van der Waals surface area contributed by atoms with E-state index in [1.807, 2.05) is 6.92 Å². The molecule has 0 saturated carbocycles. The van der Waals surface area contributed by atoms with E-state index in [0.29, 0.717) is 17.2 Å². The maximum Gasteiger partial charge on any atom is 0.135 e. The van der Waals surface area contributed by atoms with Crippen LogP contribution in [0, 0.1) is 0 Å². The third-order valence-electron chi connectivity index (χ3n) is 3.53. The third kappa shape index (κ3) is 5.57. The fourth-order valence-electron chi connectivity index (χ4n) is 2.10. The van der Waals surface area contributed by atoms with E-state index in [1.165, 1.54) is 13.8 Å². The van der Waals surface area contributed by atoms with E-state index in [-0.39, 0.29) is 5.92 Å². The molecule has 0 spiro atoms. The lowest BCUT2D eigenvalue weighted by Crippen LogP contribution is -2.23. The number of unbranched alkanes of at least 4 members (excludes halogenated alkanes) is 1. The van der Waals surface area contributed by atoms with E-state index in [9.17, 15) is 9.50 Å². The van der Waals surface area contributed by atoms with E-state index < -0.39 is 11.8 Å². The van der Waals surface area contributed by atoms with Crippen molar-refractivity contribution in [2.75, 3.05) is 13.2 Å². The molecule has 1 aromatic rings. The molecule has 0 bridgehead atoms. The zero-order valence-corrected chi connectivity index (χ0v) is 14.1. The molecule has 0 aliphatic heterocycles. The minimum absolute atomic E-state index is 0.101. The second-order valence-corrected chi connectivity index (χ2v) is 6.48. The SMILES string of the molecule is CCCCOC[C@@H](C)c1cc(C(O)C(C)(C)F)ccc1Cl. The Balaban J connectivity index is 2.82. The summed E-state index contributed by atoms with van der Waals surface area (Å²) in [7, 11) is 0. The first-order chi connectivity index (χ1) is 9.77. The second-order valence-electron chi connectivity index (χ2n) is 6.08. The van der Waals surface area contributed by atoms with Crippen LogP contribution in [-0.4, -0.2) is 24.0 Å². The van der Waals surface area contributed by atoms with Crippen LogP contribution in [0.4, 0.5) is 4.39 Å². The van der Waals surface area contributed by atoms with Gasteiger partial charge in [0.2, 0.25) is 0 Å². The van der Waals surface area contributed by atoms with Gasteiger partial charge in [-0.3, -0.25) is 0 Å². The van der Waals surface area contributed by atoms with Gasteiger partial charge in [-0.05, 0) is 37.5 Å². The summed E-state index contributed by atoms with van der Waals surface area (Å²) in [5.41, 5.74) is -0.261. The Kier molecular flexibility index (Phi) is 7.11. The number of aliphatic hydroxyl groups is 1. The lowest BCUT2D eigenvalue weighted by Gasteiger charge is -2.24. The predicted octanol–water partition coefficient (Wildman–Crippen LogP) is 5.04. The minimum atomic E-state index is -1.69. The monoisotopic (exact) mass is 316 g/mol. The van der Waals surface area contributed by atoms with Crippen molar-refractivity contribution >= 4 is 11.6 Å². The van der Waals surface area contributed by atoms with Gasteiger partial charge in [-0.1, -0.05) is 44.0 Å². The van der Waals surface area contributed by atoms with Gasteiger partial charge in [-0.25, -0.2) is 4.39 Å². The molecule has 1 unspecified atom stereocenters. The first kappa shape index (κ1) is 18.4. The summed E-state index contributed by atoms with van der Waals surface area (Å²) in [5.74, 6) is 0.101. The first-order valence-electron chi connectivity index (χ1n) is 7.51. The highest BCUT2D eigenvalue weighted by Gasteiger charge is 2.29. The van der Waals surface area contributed by atoms with E-state index in [2.05, 4.69) is 6.92 Å². The summed E-state index contributed by atoms with van der Waals surface area (Å²) in [6.07, 6.45) is 0.971. The molecule has 1 N–H and O–H groups in total. The van der Waals surface area contributed by atoms with E-state index >= 15 is 0 Å². The van der Waals surface area contributed by atoms with Crippen molar-refractivity contribution in [3.63, 3.8) is 0 Å². The molecular formula is C17H26ClFO2.